The summed E-state index contributed by atoms with van der Waals surface area (Å²) in [4.78, 5) is 0. The number of hydrogen-bond acceptors (Lipinski definition) is 2. The Balaban J connectivity index is 2.30. The Bertz CT molecular complexity index is 148. The van der Waals surface area contributed by atoms with Crippen LogP contribution >= 0.6 is 0 Å². The minimum absolute atomic E-state index is 0.420. The average Bonchev–Trinajstić information content (AvgIpc) is 2.08. The summed E-state index contributed by atoms with van der Waals surface area (Å²) in [6.07, 6.45) is 4.15. The molecule has 0 aromatic carbocycles. The van der Waals surface area contributed by atoms with Gasteiger partial charge in [-0.25, -0.2) is 0 Å². The van der Waals surface area contributed by atoms with E-state index in [2.05, 4.69) is 26.1 Å². The molecule has 78 valence electrons. The number of piperidine rings is 1. The Morgan fingerprint density at radius 3 is 2.69 bits per heavy atom. The molecule has 0 aliphatic carbocycles. The Morgan fingerprint density at radius 1 is 1.54 bits per heavy atom. The van der Waals surface area contributed by atoms with Crippen molar-refractivity contribution in [1.29, 1.82) is 0 Å². The van der Waals surface area contributed by atoms with Gasteiger partial charge in [0.1, 0.15) is 0 Å². The highest BCUT2D eigenvalue weighted by atomic mass is 16.3. The van der Waals surface area contributed by atoms with Crippen LogP contribution in [0.2, 0.25) is 0 Å². The van der Waals surface area contributed by atoms with Gasteiger partial charge in [-0.2, -0.15) is 0 Å². The summed E-state index contributed by atoms with van der Waals surface area (Å²) in [7, 11) is 0. The van der Waals surface area contributed by atoms with Crippen LogP contribution < -0.4 is 5.32 Å². The van der Waals surface area contributed by atoms with E-state index in [-0.39, 0.29) is 0 Å². The lowest BCUT2D eigenvalue weighted by Gasteiger charge is -2.36. The van der Waals surface area contributed by atoms with Crippen LogP contribution in [0.4, 0.5) is 0 Å². The van der Waals surface area contributed by atoms with Gasteiger partial charge in [0.25, 0.3) is 0 Å². The third kappa shape index (κ3) is 3.65. The maximum atomic E-state index is 10.2. The van der Waals surface area contributed by atoms with E-state index in [9.17, 15) is 5.11 Å². The fourth-order valence-corrected chi connectivity index (χ4v) is 1.81. The summed E-state index contributed by atoms with van der Waals surface area (Å²) in [6, 6.07) is 0.583. The molecule has 0 bridgehead atoms. The van der Waals surface area contributed by atoms with Gasteiger partial charge in [0.05, 0.1) is 5.60 Å². The zero-order valence-corrected chi connectivity index (χ0v) is 9.14. The fourth-order valence-electron chi connectivity index (χ4n) is 1.81. The second-order valence-electron chi connectivity index (χ2n) is 4.98. The predicted octanol–water partition coefficient (Wildman–Crippen LogP) is 1.93. The van der Waals surface area contributed by atoms with E-state index in [4.69, 9.17) is 0 Å². The molecule has 1 heterocycles. The molecule has 1 fully saturated rings. The van der Waals surface area contributed by atoms with Crippen LogP contribution in [-0.2, 0) is 0 Å². The van der Waals surface area contributed by atoms with Crippen LogP contribution in [0.25, 0.3) is 0 Å². The second-order valence-corrected chi connectivity index (χ2v) is 4.98. The van der Waals surface area contributed by atoms with Crippen LogP contribution in [0.1, 0.15) is 46.5 Å². The fraction of sp³-hybridized carbons (Fsp3) is 1.00. The normalized spacial score (nSPS) is 35.3. The summed E-state index contributed by atoms with van der Waals surface area (Å²) in [6.45, 7) is 7.38. The Labute approximate surface area is 81.7 Å². The molecule has 0 aromatic rings. The van der Waals surface area contributed by atoms with Crippen LogP contribution in [-0.4, -0.2) is 23.3 Å². The molecule has 0 saturated carbocycles. The first-order valence-corrected chi connectivity index (χ1v) is 5.48. The number of rotatable bonds is 3. The molecule has 0 amide bonds. The van der Waals surface area contributed by atoms with Crippen LogP contribution in [0.5, 0.6) is 0 Å². The van der Waals surface area contributed by atoms with Crippen molar-refractivity contribution in [3.8, 4) is 0 Å². The Morgan fingerprint density at radius 2 is 2.23 bits per heavy atom. The van der Waals surface area contributed by atoms with Gasteiger partial charge in [0, 0.05) is 12.6 Å². The number of β-amino-alcohol motifs (C(OH)–C–C–N with tert-alkyl or cyclic N) is 1. The topological polar surface area (TPSA) is 32.3 Å². The molecular weight excluding hydrogens is 162 g/mol. The lowest BCUT2D eigenvalue weighted by molar-refractivity contribution is -0.00370. The SMILES string of the molecule is CC(C)CCC1(O)CCC(C)NC1. The van der Waals surface area contributed by atoms with Crippen LogP contribution in [0.15, 0.2) is 0 Å². The van der Waals surface area contributed by atoms with E-state index in [1.807, 2.05) is 0 Å². The monoisotopic (exact) mass is 185 g/mol. The molecule has 2 N–H and O–H groups in total. The summed E-state index contributed by atoms with van der Waals surface area (Å²) in [5, 5.41) is 13.5. The van der Waals surface area contributed by atoms with E-state index >= 15 is 0 Å². The molecule has 2 heteroatoms. The van der Waals surface area contributed by atoms with Crippen molar-refractivity contribution in [2.75, 3.05) is 6.54 Å². The highest BCUT2D eigenvalue weighted by Crippen LogP contribution is 2.25. The van der Waals surface area contributed by atoms with Gasteiger partial charge in [-0.3, -0.25) is 0 Å². The number of nitrogens with one attached hydrogen (secondary N) is 1. The van der Waals surface area contributed by atoms with E-state index in [1.54, 1.807) is 0 Å². The summed E-state index contributed by atoms with van der Waals surface area (Å²) in [5.74, 6) is 0.698. The molecule has 2 unspecified atom stereocenters. The minimum atomic E-state index is -0.420. The standard InChI is InChI=1S/C11H23NO/c1-9(2)4-6-11(13)7-5-10(3)12-8-11/h9-10,12-13H,4-8H2,1-3H3. The first-order chi connectivity index (χ1) is 6.02. The van der Waals surface area contributed by atoms with E-state index in [0.717, 1.165) is 32.2 Å². The zero-order valence-electron chi connectivity index (χ0n) is 9.14. The summed E-state index contributed by atoms with van der Waals surface area (Å²) < 4.78 is 0. The first-order valence-electron chi connectivity index (χ1n) is 5.48. The molecule has 2 nitrogen and oxygen atoms in total. The maximum absolute atomic E-state index is 10.2. The van der Waals surface area contributed by atoms with Crippen molar-refractivity contribution in [2.45, 2.75) is 58.1 Å². The van der Waals surface area contributed by atoms with Crippen molar-refractivity contribution in [1.82, 2.24) is 5.32 Å². The van der Waals surface area contributed by atoms with Gasteiger partial charge < -0.3 is 10.4 Å². The maximum Gasteiger partial charge on any atom is 0.0772 e. The quantitative estimate of drug-likeness (QED) is 0.704. The highest BCUT2D eigenvalue weighted by molar-refractivity contribution is 4.88. The van der Waals surface area contributed by atoms with Crippen molar-refractivity contribution in [3.63, 3.8) is 0 Å². The smallest absolute Gasteiger partial charge is 0.0772 e. The largest absolute Gasteiger partial charge is 0.389 e. The van der Waals surface area contributed by atoms with Crippen LogP contribution in [0.3, 0.4) is 0 Å². The highest BCUT2D eigenvalue weighted by Gasteiger charge is 2.30. The molecular formula is C11H23NO. The van der Waals surface area contributed by atoms with Crippen molar-refractivity contribution in [3.05, 3.63) is 0 Å². The Kier molecular flexibility index (Phi) is 3.74. The molecule has 0 radical (unpaired) electrons. The molecule has 1 saturated heterocycles. The number of aliphatic hydroxyl groups is 1. The van der Waals surface area contributed by atoms with E-state index < -0.39 is 5.60 Å². The number of hydrogen-bond donors (Lipinski definition) is 2. The summed E-state index contributed by atoms with van der Waals surface area (Å²) in [5.41, 5.74) is -0.420. The molecule has 0 spiro atoms. The molecule has 1 rings (SSSR count). The van der Waals surface area contributed by atoms with Crippen molar-refractivity contribution in [2.24, 2.45) is 5.92 Å². The predicted molar refractivity (Wildman–Crippen MR) is 55.7 cm³/mol. The third-order valence-corrected chi connectivity index (χ3v) is 3.01. The molecule has 1 aliphatic heterocycles. The second kappa shape index (κ2) is 4.43. The van der Waals surface area contributed by atoms with Gasteiger partial charge in [0.2, 0.25) is 0 Å². The molecule has 13 heavy (non-hydrogen) atoms. The Hall–Kier alpha value is -0.0800. The lowest BCUT2D eigenvalue weighted by atomic mass is 9.85. The molecule has 2 atom stereocenters. The zero-order chi connectivity index (χ0) is 9.90. The van der Waals surface area contributed by atoms with E-state index in [0.29, 0.717) is 12.0 Å². The van der Waals surface area contributed by atoms with Crippen molar-refractivity contribution < 1.29 is 5.11 Å². The molecule has 0 aromatic heterocycles. The third-order valence-electron chi connectivity index (χ3n) is 3.01. The minimum Gasteiger partial charge on any atom is -0.389 e. The van der Waals surface area contributed by atoms with Crippen molar-refractivity contribution >= 4 is 0 Å². The van der Waals surface area contributed by atoms with Gasteiger partial charge >= 0.3 is 0 Å². The summed E-state index contributed by atoms with van der Waals surface area (Å²) >= 11 is 0. The van der Waals surface area contributed by atoms with Gasteiger partial charge in [-0.05, 0) is 38.5 Å². The van der Waals surface area contributed by atoms with Gasteiger partial charge in [-0.1, -0.05) is 13.8 Å². The average molecular weight is 185 g/mol. The lowest BCUT2D eigenvalue weighted by Crippen LogP contribution is -2.49. The molecule has 1 aliphatic rings. The van der Waals surface area contributed by atoms with E-state index in [1.165, 1.54) is 0 Å². The van der Waals surface area contributed by atoms with Crippen LogP contribution in [0, 0.1) is 5.92 Å². The van der Waals surface area contributed by atoms with Gasteiger partial charge in [-0.15, -0.1) is 0 Å². The van der Waals surface area contributed by atoms with Gasteiger partial charge in [0.15, 0.2) is 0 Å². The first kappa shape index (κ1) is 11.0.